The Hall–Kier alpha value is -3.72. The van der Waals surface area contributed by atoms with Gasteiger partial charge in [-0.15, -0.1) is 0 Å². The van der Waals surface area contributed by atoms with Crippen LogP contribution >= 0.6 is 0 Å². The van der Waals surface area contributed by atoms with Gasteiger partial charge < -0.3 is 18.6 Å². The molecule has 0 spiro atoms. The third-order valence-corrected chi connectivity index (χ3v) is 7.17. The van der Waals surface area contributed by atoms with Gasteiger partial charge in [-0.3, -0.25) is 4.84 Å². The molecule has 1 N–H and O–H groups in total. The van der Waals surface area contributed by atoms with Crippen molar-refractivity contribution in [2.24, 2.45) is 0 Å². The second-order valence-electron chi connectivity index (χ2n) is 11.7. The zero-order valence-corrected chi connectivity index (χ0v) is 24.8. The molecule has 222 valence electrons. The molecule has 1 aliphatic rings. The van der Waals surface area contributed by atoms with Crippen LogP contribution in [0.3, 0.4) is 0 Å². The van der Waals surface area contributed by atoms with Gasteiger partial charge in [0.2, 0.25) is 0 Å². The van der Waals surface area contributed by atoms with Gasteiger partial charge in [0, 0.05) is 19.4 Å². The lowest BCUT2D eigenvalue weighted by Crippen LogP contribution is -2.50. The lowest BCUT2D eigenvalue weighted by atomic mass is 9.81. The minimum absolute atomic E-state index is 0.366. The third-order valence-electron chi connectivity index (χ3n) is 7.17. The molecule has 1 saturated heterocycles. The second kappa shape index (κ2) is 13.1. The summed E-state index contributed by atoms with van der Waals surface area (Å²) in [5.41, 5.74) is 5.86. The molecule has 5 rings (SSSR count). The summed E-state index contributed by atoms with van der Waals surface area (Å²) < 4.78 is 23.7. The minimum Gasteiger partial charge on any atom is -0.479 e. The number of nitrogens with zero attached hydrogens (tertiary/aromatic N) is 1. The molecule has 4 aromatic rings. The molecule has 0 saturated carbocycles. The normalized spacial score (nSPS) is 19.3. The molecular formula is C34H40N2O6. The monoisotopic (exact) mass is 572 g/mol. The number of benzene rings is 3. The van der Waals surface area contributed by atoms with Crippen molar-refractivity contribution < 1.29 is 28.3 Å². The number of hydroxylamine groups is 1. The van der Waals surface area contributed by atoms with Crippen molar-refractivity contribution in [3.05, 3.63) is 95.9 Å². The molecule has 1 aliphatic heterocycles. The Morgan fingerprint density at radius 3 is 2.57 bits per heavy atom. The van der Waals surface area contributed by atoms with Gasteiger partial charge in [-0.05, 0) is 75.4 Å². The number of carbonyl (C=O) groups excluding carboxylic acids is 1. The summed E-state index contributed by atoms with van der Waals surface area (Å²) in [4.78, 5) is 23.0. The average molecular weight is 573 g/mol. The molecule has 8 heteroatoms. The molecule has 0 aliphatic carbocycles. The summed E-state index contributed by atoms with van der Waals surface area (Å²) >= 11 is 0. The fourth-order valence-electron chi connectivity index (χ4n) is 5.14. The Kier molecular flexibility index (Phi) is 9.26. The standard InChI is InChI=1S/C34H40N2O6/c1-5-28(32(37)41-33(2,3)4)38-26-16-11-13-24(21-26)23-35-42-31-22-34(40-31,25-14-7-6-8-15-25)20-12-19-30-36-27-17-9-10-18-29(27)39-30/h6-11,13-18,21,28,31,35H,5,12,19-20,22-23H2,1-4H3. The van der Waals surface area contributed by atoms with E-state index in [2.05, 4.69) is 22.6 Å². The van der Waals surface area contributed by atoms with E-state index < -0.39 is 17.3 Å². The van der Waals surface area contributed by atoms with Gasteiger partial charge >= 0.3 is 5.97 Å². The van der Waals surface area contributed by atoms with E-state index in [1.165, 1.54) is 0 Å². The predicted molar refractivity (Wildman–Crippen MR) is 159 cm³/mol. The van der Waals surface area contributed by atoms with E-state index in [-0.39, 0.29) is 12.3 Å². The number of esters is 1. The molecule has 0 bridgehead atoms. The van der Waals surface area contributed by atoms with E-state index in [0.29, 0.717) is 18.7 Å². The summed E-state index contributed by atoms with van der Waals surface area (Å²) in [6.07, 6.45) is 2.64. The summed E-state index contributed by atoms with van der Waals surface area (Å²) in [5.74, 6) is 0.986. The first kappa shape index (κ1) is 29.8. The number of nitrogens with one attached hydrogen (secondary N) is 1. The summed E-state index contributed by atoms with van der Waals surface area (Å²) in [6, 6.07) is 25.7. The number of ether oxygens (including phenoxy) is 3. The average Bonchev–Trinajstić information content (AvgIpc) is 3.37. The van der Waals surface area contributed by atoms with Crippen molar-refractivity contribution in [2.45, 2.75) is 89.9 Å². The van der Waals surface area contributed by atoms with Crippen LogP contribution in [-0.2, 0) is 37.7 Å². The highest BCUT2D eigenvalue weighted by molar-refractivity contribution is 5.75. The highest BCUT2D eigenvalue weighted by Gasteiger charge is 2.47. The SMILES string of the molecule is CCC(Oc1cccc(CNOC2CC(CCCc3nc4ccccc4o3)(c3ccccc3)O2)c1)C(=O)OC(C)(C)C. The van der Waals surface area contributed by atoms with Crippen LogP contribution in [-0.4, -0.2) is 28.9 Å². The number of hydrogen-bond acceptors (Lipinski definition) is 8. The molecule has 1 aromatic heterocycles. The number of para-hydroxylation sites is 2. The van der Waals surface area contributed by atoms with Crippen LogP contribution in [0.2, 0.25) is 0 Å². The van der Waals surface area contributed by atoms with Crippen molar-refractivity contribution in [3.8, 4) is 5.75 Å². The van der Waals surface area contributed by atoms with Gasteiger partial charge in [0.15, 0.2) is 23.9 Å². The zero-order chi connectivity index (χ0) is 29.6. The van der Waals surface area contributed by atoms with E-state index in [0.717, 1.165) is 53.8 Å². The Morgan fingerprint density at radius 1 is 1.07 bits per heavy atom. The third kappa shape index (κ3) is 7.56. The molecule has 0 radical (unpaired) electrons. The number of aromatic nitrogens is 1. The van der Waals surface area contributed by atoms with Gasteiger partial charge in [-0.2, -0.15) is 5.48 Å². The summed E-state index contributed by atoms with van der Waals surface area (Å²) in [5, 5.41) is 0. The maximum absolute atomic E-state index is 12.5. The molecule has 8 nitrogen and oxygen atoms in total. The Bertz CT molecular complexity index is 1420. The van der Waals surface area contributed by atoms with E-state index >= 15 is 0 Å². The van der Waals surface area contributed by atoms with Crippen molar-refractivity contribution in [1.29, 1.82) is 0 Å². The Balaban J connectivity index is 1.12. The van der Waals surface area contributed by atoms with E-state index in [4.69, 9.17) is 23.5 Å². The van der Waals surface area contributed by atoms with Gasteiger partial charge in [-0.1, -0.05) is 61.5 Å². The number of fused-ring (bicyclic) bond motifs is 1. The molecule has 3 aromatic carbocycles. The summed E-state index contributed by atoms with van der Waals surface area (Å²) in [6.45, 7) is 7.90. The maximum atomic E-state index is 12.5. The number of carbonyl (C=O) groups is 1. The first-order chi connectivity index (χ1) is 20.2. The van der Waals surface area contributed by atoms with Crippen LogP contribution in [0.4, 0.5) is 0 Å². The molecule has 3 atom stereocenters. The van der Waals surface area contributed by atoms with Gasteiger partial charge in [0.1, 0.15) is 22.5 Å². The quantitative estimate of drug-likeness (QED) is 0.135. The van der Waals surface area contributed by atoms with Crippen molar-refractivity contribution in [1.82, 2.24) is 10.5 Å². The molecular weight excluding hydrogens is 532 g/mol. The maximum Gasteiger partial charge on any atom is 0.347 e. The van der Waals surface area contributed by atoms with Gasteiger partial charge in [0.25, 0.3) is 0 Å². The molecule has 2 heterocycles. The molecule has 3 unspecified atom stereocenters. The first-order valence-electron chi connectivity index (χ1n) is 14.7. The highest BCUT2D eigenvalue weighted by atomic mass is 16.8. The lowest BCUT2D eigenvalue weighted by molar-refractivity contribution is -0.336. The van der Waals surface area contributed by atoms with Gasteiger partial charge in [-0.25, -0.2) is 9.78 Å². The van der Waals surface area contributed by atoms with E-state index in [1.807, 2.05) is 94.4 Å². The van der Waals surface area contributed by atoms with Gasteiger partial charge in [0.05, 0.1) is 0 Å². The van der Waals surface area contributed by atoms with Crippen LogP contribution in [0.1, 0.15) is 70.4 Å². The first-order valence-corrected chi connectivity index (χ1v) is 14.7. The minimum atomic E-state index is -0.666. The number of rotatable bonds is 13. The fourth-order valence-corrected chi connectivity index (χ4v) is 5.14. The Labute approximate surface area is 247 Å². The number of aryl methyl sites for hydroxylation is 1. The molecule has 0 amide bonds. The van der Waals surface area contributed by atoms with Crippen LogP contribution < -0.4 is 10.2 Å². The highest BCUT2D eigenvalue weighted by Crippen LogP contribution is 2.46. The Morgan fingerprint density at radius 2 is 1.83 bits per heavy atom. The second-order valence-corrected chi connectivity index (χ2v) is 11.7. The van der Waals surface area contributed by atoms with Crippen LogP contribution in [0.5, 0.6) is 5.75 Å². The van der Waals surface area contributed by atoms with Crippen molar-refractivity contribution >= 4 is 17.1 Å². The largest absolute Gasteiger partial charge is 0.479 e. The van der Waals surface area contributed by atoms with Crippen LogP contribution in [0.25, 0.3) is 11.1 Å². The topological polar surface area (TPSA) is 92.0 Å². The zero-order valence-electron chi connectivity index (χ0n) is 24.8. The molecule has 1 fully saturated rings. The van der Waals surface area contributed by atoms with Crippen LogP contribution in [0, 0.1) is 0 Å². The van der Waals surface area contributed by atoms with E-state index in [1.54, 1.807) is 0 Å². The lowest BCUT2D eigenvalue weighted by Gasteiger charge is -2.47. The smallest absolute Gasteiger partial charge is 0.347 e. The number of hydrogen-bond donors (Lipinski definition) is 1. The van der Waals surface area contributed by atoms with Crippen molar-refractivity contribution in [3.63, 3.8) is 0 Å². The van der Waals surface area contributed by atoms with Crippen molar-refractivity contribution in [2.75, 3.05) is 0 Å². The fraction of sp³-hybridized carbons (Fsp3) is 0.412. The van der Waals surface area contributed by atoms with Crippen LogP contribution in [0.15, 0.2) is 83.3 Å². The predicted octanol–water partition coefficient (Wildman–Crippen LogP) is 7.01. The number of oxazole rings is 1. The molecule has 42 heavy (non-hydrogen) atoms. The summed E-state index contributed by atoms with van der Waals surface area (Å²) in [7, 11) is 0. The van der Waals surface area contributed by atoms with E-state index in [9.17, 15) is 4.79 Å².